The zero-order chi connectivity index (χ0) is 17.9. The van der Waals surface area contributed by atoms with Crippen molar-refractivity contribution in [3.8, 4) is 0 Å². The lowest BCUT2D eigenvalue weighted by Crippen LogP contribution is -2.21. The van der Waals surface area contributed by atoms with Gasteiger partial charge in [0.25, 0.3) is 0 Å². The Morgan fingerprint density at radius 3 is 1.54 bits per heavy atom. The van der Waals surface area contributed by atoms with E-state index in [0.29, 0.717) is 0 Å². The Morgan fingerprint density at radius 1 is 0.692 bits per heavy atom. The summed E-state index contributed by atoms with van der Waals surface area (Å²) in [6, 6.07) is 9.28. The van der Waals surface area contributed by atoms with Gasteiger partial charge in [-0.3, -0.25) is 0 Å². The number of rotatable bonds is 5. The topological polar surface area (TPSA) is 9.86 Å². The molecule has 0 radical (unpaired) electrons. The highest BCUT2D eigenvalue weighted by molar-refractivity contribution is 5.16. The Kier molecular flexibility index (Phi) is 5.57. The first kappa shape index (κ1) is 17.9. The molecule has 0 spiro atoms. The predicted molar refractivity (Wildman–Crippen MR) is 110 cm³/mol. The molecule has 4 rings (SSSR count). The van der Waals surface area contributed by atoms with Gasteiger partial charge >= 0.3 is 0 Å². The summed E-state index contributed by atoms with van der Waals surface area (Å²) in [6.07, 6.45) is 15.8. The van der Waals surface area contributed by atoms with Crippen LogP contribution in [0.5, 0.6) is 0 Å². The van der Waals surface area contributed by atoms with E-state index < -0.39 is 0 Å². The molecule has 2 nitrogen and oxygen atoms in total. The summed E-state index contributed by atoms with van der Waals surface area (Å²) in [5.74, 6) is 3.20. The summed E-state index contributed by atoms with van der Waals surface area (Å²) in [6.45, 7) is 7.12. The maximum Gasteiger partial charge on any atom is 0.0402 e. The smallest absolute Gasteiger partial charge is 0.0402 e. The lowest BCUT2D eigenvalue weighted by molar-refractivity contribution is 0.311. The van der Waals surface area contributed by atoms with Crippen LogP contribution in [0.25, 0.3) is 0 Å². The fourth-order valence-corrected chi connectivity index (χ4v) is 5.66. The largest absolute Gasteiger partial charge is 0.349 e. The van der Waals surface area contributed by atoms with Gasteiger partial charge in [0.05, 0.1) is 0 Å². The lowest BCUT2D eigenvalue weighted by atomic mass is 9.78. The number of hydrogen-bond acceptors (Lipinski definition) is 0. The van der Waals surface area contributed by atoms with E-state index in [4.69, 9.17) is 0 Å². The first-order valence-corrected chi connectivity index (χ1v) is 11.0. The second-order valence-corrected chi connectivity index (χ2v) is 8.99. The van der Waals surface area contributed by atoms with Gasteiger partial charge in [-0.2, -0.15) is 0 Å². The summed E-state index contributed by atoms with van der Waals surface area (Å²) in [7, 11) is 0. The minimum Gasteiger partial charge on any atom is -0.349 e. The predicted octanol–water partition coefficient (Wildman–Crippen LogP) is 6.58. The summed E-state index contributed by atoms with van der Waals surface area (Å²) < 4.78 is 5.08. The van der Waals surface area contributed by atoms with Gasteiger partial charge in [0, 0.05) is 48.7 Å². The number of aryl methyl sites for hydroxylation is 2. The minimum absolute atomic E-state index is 0.765. The maximum atomic E-state index is 2.54. The molecular formula is C24H36N2. The summed E-state index contributed by atoms with van der Waals surface area (Å²) in [5, 5.41) is 0. The Bertz CT molecular complexity index is 634. The fraction of sp³-hybridized carbons (Fsp3) is 0.667. The molecule has 2 fully saturated rings. The van der Waals surface area contributed by atoms with Gasteiger partial charge in [0.2, 0.25) is 0 Å². The van der Waals surface area contributed by atoms with Crippen molar-refractivity contribution in [2.75, 3.05) is 0 Å². The van der Waals surface area contributed by atoms with E-state index >= 15 is 0 Å². The third-order valence-corrected chi connectivity index (χ3v) is 7.29. The van der Waals surface area contributed by atoms with Crippen LogP contribution in [-0.2, 0) is 13.1 Å². The molecule has 0 bridgehead atoms. The van der Waals surface area contributed by atoms with E-state index in [1.165, 1.54) is 51.4 Å². The molecule has 2 heterocycles. The number of nitrogens with zero attached hydrogens (tertiary/aromatic N) is 2. The molecule has 142 valence electrons. The zero-order valence-corrected chi connectivity index (χ0v) is 16.7. The molecular weight excluding hydrogens is 316 g/mol. The van der Waals surface area contributed by atoms with Crippen molar-refractivity contribution < 1.29 is 0 Å². The van der Waals surface area contributed by atoms with E-state index in [1.807, 2.05) is 0 Å². The number of aromatic nitrogens is 2. The SMILES string of the molecule is CC1CCCCC1c1cccn1CCn1cccc1C1CCCCC1C. The normalized spacial score (nSPS) is 29.8. The van der Waals surface area contributed by atoms with Crippen molar-refractivity contribution in [3.05, 3.63) is 48.0 Å². The molecule has 0 saturated heterocycles. The van der Waals surface area contributed by atoms with Gasteiger partial charge in [-0.1, -0.05) is 52.4 Å². The average Bonchev–Trinajstić information content (AvgIpc) is 3.30. The van der Waals surface area contributed by atoms with Crippen LogP contribution in [-0.4, -0.2) is 9.13 Å². The van der Waals surface area contributed by atoms with Crippen LogP contribution in [0.1, 0.15) is 88.4 Å². The molecule has 4 unspecified atom stereocenters. The maximum absolute atomic E-state index is 2.54. The van der Waals surface area contributed by atoms with Crippen LogP contribution in [0.2, 0.25) is 0 Å². The second-order valence-electron chi connectivity index (χ2n) is 8.99. The van der Waals surface area contributed by atoms with Gasteiger partial charge in [0.1, 0.15) is 0 Å². The quantitative estimate of drug-likeness (QED) is 0.575. The Labute approximate surface area is 159 Å². The molecule has 4 atom stereocenters. The molecule has 2 aromatic rings. The summed E-state index contributed by atoms with van der Waals surface area (Å²) >= 11 is 0. The highest BCUT2D eigenvalue weighted by atomic mass is 15.0. The van der Waals surface area contributed by atoms with E-state index in [-0.39, 0.29) is 0 Å². The molecule has 0 amide bonds. The van der Waals surface area contributed by atoms with Gasteiger partial charge in [-0.05, 0) is 48.9 Å². The lowest BCUT2D eigenvalue weighted by Gasteiger charge is -2.31. The average molecular weight is 353 g/mol. The van der Waals surface area contributed by atoms with Crippen molar-refractivity contribution >= 4 is 0 Å². The Balaban J connectivity index is 1.46. The Hall–Kier alpha value is -1.44. The van der Waals surface area contributed by atoms with Crippen molar-refractivity contribution in [3.63, 3.8) is 0 Å². The van der Waals surface area contributed by atoms with Crippen molar-refractivity contribution in [1.29, 1.82) is 0 Å². The van der Waals surface area contributed by atoms with Crippen molar-refractivity contribution in [1.82, 2.24) is 9.13 Å². The molecule has 2 aliphatic rings. The molecule has 0 aliphatic heterocycles. The molecule has 2 aromatic heterocycles. The van der Waals surface area contributed by atoms with Crippen LogP contribution < -0.4 is 0 Å². The monoisotopic (exact) mass is 352 g/mol. The van der Waals surface area contributed by atoms with E-state index in [9.17, 15) is 0 Å². The standard InChI is InChI=1S/C24H36N2/c1-19-9-3-5-11-21(19)23-13-7-15-25(23)17-18-26-16-8-14-24(26)22-12-6-4-10-20(22)2/h7-8,13-16,19-22H,3-6,9-12,17-18H2,1-2H3. The summed E-state index contributed by atoms with van der Waals surface area (Å²) in [5.41, 5.74) is 3.16. The van der Waals surface area contributed by atoms with E-state index in [0.717, 1.165) is 36.8 Å². The zero-order valence-electron chi connectivity index (χ0n) is 16.7. The molecule has 0 N–H and O–H groups in total. The molecule has 2 aliphatic carbocycles. The third kappa shape index (κ3) is 3.66. The molecule has 26 heavy (non-hydrogen) atoms. The highest BCUT2D eigenvalue weighted by Crippen LogP contribution is 2.39. The van der Waals surface area contributed by atoms with Crippen LogP contribution in [0, 0.1) is 11.8 Å². The van der Waals surface area contributed by atoms with Gasteiger partial charge in [-0.15, -0.1) is 0 Å². The first-order chi connectivity index (χ1) is 12.7. The van der Waals surface area contributed by atoms with Gasteiger partial charge in [0.15, 0.2) is 0 Å². The van der Waals surface area contributed by atoms with Crippen LogP contribution in [0.4, 0.5) is 0 Å². The third-order valence-electron chi connectivity index (χ3n) is 7.29. The van der Waals surface area contributed by atoms with Crippen LogP contribution >= 0.6 is 0 Å². The van der Waals surface area contributed by atoms with Crippen LogP contribution in [0.15, 0.2) is 36.7 Å². The molecule has 2 heteroatoms. The number of hydrogen-bond donors (Lipinski definition) is 0. The van der Waals surface area contributed by atoms with E-state index in [2.05, 4.69) is 59.6 Å². The van der Waals surface area contributed by atoms with Crippen molar-refractivity contribution in [2.24, 2.45) is 11.8 Å². The first-order valence-electron chi connectivity index (χ1n) is 11.0. The fourth-order valence-electron chi connectivity index (χ4n) is 5.66. The van der Waals surface area contributed by atoms with Crippen molar-refractivity contribution in [2.45, 2.75) is 90.1 Å². The second kappa shape index (κ2) is 8.06. The Morgan fingerprint density at radius 2 is 1.12 bits per heavy atom. The highest BCUT2D eigenvalue weighted by Gasteiger charge is 2.26. The van der Waals surface area contributed by atoms with Gasteiger partial charge in [-0.25, -0.2) is 0 Å². The minimum atomic E-state index is 0.765. The molecule has 0 aromatic carbocycles. The molecule has 2 saturated carbocycles. The van der Waals surface area contributed by atoms with E-state index in [1.54, 1.807) is 11.4 Å². The van der Waals surface area contributed by atoms with Gasteiger partial charge < -0.3 is 9.13 Å². The van der Waals surface area contributed by atoms with Crippen LogP contribution in [0.3, 0.4) is 0 Å². The summed E-state index contributed by atoms with van der Waals surface area (Å²) in [4.78, 5) is 0.